The number of hydrogen-bond acceptors (Lipinski definition) is 4. The van der Waals surface area contributed by atoms with Crippen molar-refractivity contribution >= 4 is 17.6 Å². The first kappa shape index (κ1) is 22.1. The lowest BCUT2D eigenvalue weighted by Gasteiger charge is -2.34. The summed E-state index contributed by atoms with van der Waals surface area (Å²) in [6.07, 6.45) is 0. The van der Waals surface area contributed by atoms with Crippen LogP contribution in [0.15, 0.2) is 48.5 Å². The normalized spacial score (nSPS) is 17.2. The van der Waals surface area contributed by atoms with Gasteiger partial charge in [0.05, 0.1) is 0 Å². The van der Waals surface area contributed by atoms with Crippen LogP contribution in [0.3, 0.4) is 0 Å². The van der Waals surface area contributed by atoms with Crippen molar-refractivity contribution < 1.29 is 14.0 Å². The molecule has 2 aromatic carbocycles. The highest BCUT2D eigenvalue weighted by Gasteiger charge is 2.29. The van der Waals surface area contributed by atoms with Gasteiger partial charge in [-0.2, -0.15) is 0 Å². The van der Waals surface area contributed by atoms with E-state index < -0.39 is 0 Å². The number of anilines is 1. The molecule has 4 rings (SSSR count). The Morgan fingerprint density at radius 1 is 0.875 bits per heavy atom. The average molecular weight is 440 g/mol. The molecule has 0 aliphatic carbocycles. The van der Waals surface area contributed by atoms with Crippen LogP contribution in [0.2, 0.25) is 0 Å². The molecule has 2 aliphatic heterocycles. The highest BCUT2D eigenvalue weighted by molar-refractivity contribution is 5.85. The van der Waals surface area contributed by atoms with Crippen molar-refractivity contribution in [2.24, 2.45) is 0 Å². The van der Waals surface area contributed by atoms with Crippen LogP contribution in [0.5, 0.6) is 0 Å². The van der Waals surface area contributed by atoms with Gasteiger partial charge in [-0.25, -0.2) is 9.18 Å². The summed E-state index contributed by atoms with van der Waals surface area (Å²) in [6, 6.07) is 14.2. The number of likely N-dealkylation sites (N-methyl/N-ethyl adjacent to an activating group) is 1. The molecule has 0 atom stereocenters. The predicted octanol–water partition coefficient (Wildman–Crippen LogP) is 2.13. The Labute approximate surface area is 188 Å². The van der Waals surface area contributed by atoms with Gasteiger partial charge in [0.2, 0.25) is 5.91 Å². The maximum atomic E-state index is 13.1. The SMILES string of the molecule is CN1CCN(c2ccc(CNC(=O)CN3CCN(Cc4ccc(F)cc4)C3=O)cc2)CC1. The number of nitrogens with zero attached hydrogens (tertiary/aromatic N) is 4. The number of amides is 3. The van der Waals surface area contributed by atoms with Gasteiger partial charge in [-0.05, 0) is 42.4 Å². The van der Waals surface area contributed by atoms with E-state index >= 15 is 0 Å². The Bertz CT molecular complexity index is 926. The number of piperazine rings is 1. The van der Waals surface area contributed by atoms with Crippen LogP contribution in [0, 0.1) is 5.82 Å². The molecule has 32 heavy (non-hydrogen) atoms. The second kappa shape index (κ2) is 9.99. The Hall–Kier alpha value is -3.13. The van der Waals surface area contributed by atoms with Gasteiger partial charge in [-0.1, -0.05) is 24.3 Å². The molecule has 0 unspecified atom stereocenters. The minimum Gasteiger partial charge on any atom is -0.369 e. The van der Waals surface area contributed by atoms with Crippen LogP contribution < -0.4 is 10.2 Å². The lowest BCUT2D eigenvalue weighted by Crippen LogP contribution is -2.44. The number of rotatable bonds is 7. The molecule has 8 heteroatoms. The number of halogens is 1. The van der Waals surface area contributed by atoms with Crippen molar-refractivity contribution in [3.05, 3.63) is 65.5 Å². The quantitative estimate of drug-likeness (QED) is 0.718. The predicted molar refractivity (Wildman–Crippen MR) is 122 cm³/mol. The molecule has 3 amide bonds. The van der Waals surface area contributed by atoms with Crippen molar-refractivity contribution in [2.75, 3.05) is 57.8 Å². The number of urea groups is 1. The fourth-order valence-electron chi connectivity index (χ4n) is 4.06. The third-order valence-corrected chi connectivity index (χ3v) is 6.10. The molecule has 1 N–H and O–H groups in total. The number of carbonyl (C=O) groups is 2. The molecule has 7 nitrogen and oxygen atoms in total. The zero-order valence-corrected chi connectivity index (χ0v) is 18.5. The molecule has 0 saturated carbocycles. The molecule has 2 saturated heterocycles. The van der Waals surface area contributed by atoms with Gasteiger partial charge in [-0.15, -0.1) is 0 Å². The Kier molecular flexibility index (Phi) is 6.90. The lowest BCUT2D eigenvalue weighted by atomic mass is 10.1. The van der Waals surface area contributed by atoms with Crippen molar-refractivity contribution in [3.63, 3.8) is 0 Å². The van der Waals surface area contributed by atoms with Gasteiger partial charge >= 0.3 is 6.03 Å². The minimum atomic E-state index is -0.297. The summed E-state index contributed by atoms with van der Waals surface area (Å²) in [5.41, 5.74) is 3.10. The Morgan fingerprint density at radius 2 is 1.50 bits per heavy atom. The average Bonchev–Trinajstić information content (AvgIpc) is 3.14. The fraction of sp³-hybridized carbons (Fsp3) is 0.417. The number of benzene rings is 2. The monoisotopic (exact) mass is 439 g/mol. The van der Waals surface area contributed by atoms with Crippen molar-refractivity contribution in [3.8, 4) is 0 Å². The van der Waals surface area contributed by atoms with Crippen molar-refractivity contribution in [2.45, 2.75) is 13.1 Å². The summed E-state index contributed by atoms with van der Waals surface area (Å²) in [7, 11) is 2.14. The first-order valence-corrected chi connectivity index (χ1v) is 11.1. The third kappa shape index (κ3) is 5.56. The van der Waals surface area contributed by atoms with E-state index in [1.807, 2.05) is 12.1 Å². The van der Waals surface area contributed by atoms with Crippen LogP contribution in [-0.2, 0) is 17.9 Å². The standard InChI is InChI=1S/C24H30FN5O2/c1-27-10-12-28(13-11-27)22-8-4-19(5-9-22)16-26-23(31)18-30-15-14-29(24(30)32)17-20-2-6-21(25)7-3-20/h2-9H,10-18H2,1H3,(H,26,31). The second-order valence-corrected chi connectivity index (χ2v) is 8.49. The second-order valence-electron chi connectivity index (χ2n) is 8.49. The Balaban J connectivity index is 1.22. The first-order chi connectivity index (χ1) is 15.5. The summed E-state index contributed by atoms with van der Waals surface area (Å²) in [5, 5.41) is 2.91. The van der Waals surface area contributed by atoms with E-state index in [1.165, 1.54) is 17.8 Å². The van der Waals surface area contributed by atoms with Crippen LogP contribution >= 0.6 is 0 Å². The maximum Gasteiger partial charge on any atom is 0.320 e. The highest BCUT2D eigenvalue weighted by atomic mass is 19.1. The maximum absolute atomic E-state index is 13.1. The van der Waals surface area contributed by atoms with E-state index in [0.29, 0.717) is 26.2 Å². The molecule has 0 aromatic heterocycles. The van der Waals surface area contributed by atoms with E-state index in [4.69, 9.17) is 0 Å². The van der Waals surface area contributed by atoms with Gasteiger partial charge in [0.15, 0.2) is 0 Å². The molecular formula is C24H30FN5O2. The summed E-state index contributed by atoms with van der Waals surface area (Å²) in [6.45, 7) is 6.12. The zero-order valence-electron chi connectivity index (χ0n) is 18.5. The molecule has 2 fully saturated rings. The fourth-order valence-corrected chi connectivity index (χ4v) is 4.06. The summed E-state index contributed by atoms with van der Waals surface area (Å²) in [5.74, 6) is -0.473. The molecule has 2 heterocycles. The zero-order chi connectivity index (χ0) is 22.5. The van der Waals surface area contributed by atoms with E-state index in [0.717, 1.165) is 37.3 Å². The number of hydrogen-bond donors (Lipinski definition) is 1. The molecule has 170 valence electrons. The Morgan fingerprint density at radius 3 is 2.19 bits per heavy atom. The van der Waals surface area contributed by atoms with E-state index in [2.05, 4.69) is 34.3 Å². The van der Waals surface area contributed by atoms with Gasteiger partial charge < -0.3 is 24.9 Å². The largest absolute Gasteiger partial charge is 0.369 e. The third-order valence-electron chi connectivity index (χ3n) is 6.10. The smallest absolute Gasteiger partial charge is 0.320 e. The minimum absolute atomic E-state index is 0.0398. The summed E-state index contributed by atoms with van der Waals surface area (Å²) < 4.78 is 13.1. The van der Waals surface area contributed by atoms with Gasteiger partial charge in [0.25, 0.3) is 0 Å². The van der Waals surface area contributed by atoms with Crippen LogP contribution in [-0.4, -0.2) is 79.5 Å². The molecule has 0 radical (unpaired) electrons. The van der Waals surface area contributed by atoms with Crippen LogP contribution in [0.4, 0.5) is 14.9 Å². The van der Waals surface area contributed by atoms with Gasteiger partial charge in [-0.3, -0.25) is 4.79 Å². The van der Waals surface area contributed by atoms with Gasteiger partial charge in [0, 0.05) is 58.0 Å². The van der Waals surface area contributed by atoms with E-state index in [-0.39, 0.29) is 24.3 Å². The first-order valence-electron chi connectivity index (χ1n) is 11.1. The van der Waals surface area contributed by atoms with Gasteiger partial charge in [0.1, 0.15) is 12.4 Å². The molecule has 0 spiro atoms. The van der Waals surface area contributed by atoms with Crippen molar-refractivity contribution in [1.29, 1.82) is 0 Å². The molecule has 0 bridgehead atoms. The molecule has 2 aromatic rings. The molecular weight excluding hydrogens is 409 g/mol. The van der Waals surface area contributed by atoms with E-state index in [1.54, 1.807) is 21.9 Å². The van der Waals surface area contributed by atoms with Crippen LogP contribution in [0.25, 0.3) is 0 Å². The van der Waals surface area contributed by atoms with Crippen molar-refractivity contribution in [1.82, 2.24) is 20.0 Å². The summed E-state index contributed by atoms with van der Waals surface area (Å²) >= 11 is 0. The van der Waals surface area contributed by atoms with Crippen LogP contribution in [0.1, 0.15) is 11.1 Å². The topological polar surface area (TPSA) is 59.1 Å². The summed E-state index contributed by atoms with van der Waals surface area (Å²) in [4.78, 5) is 32.9. The number of nitrogens with one attached hydrogen (secondary N) is 1. The van der Waals surface area contributed by atoms with E-state index in [9.17, 15) is 14.0 Å². The lowest BCUT2D eigenvalue weighted by molar-refractivity contribution is -0.121. The number of carbonyl (C=O) groups excluding carboxylic acids is 2. The highest BCUT2D eigenvalue weighted by Crippen LogP contribution is 2.17. The molecule has 2 aliphatic rings.